The first-order valence-electron chi connectivity index (χ1n) is 7.59. The molecule has 0 amide bonds. The molecule has 1 rings (SSSR count). The van der Waals surface area contributed by atoms with Gasteiger partial charge in [0.25, 0.3) is 0 Å². The van der Waals surface area contributed by atoms with Crippen LogP contribution in [0.2, 0.25) is 0 Å². The molecule has 1 N–H and O–H groups in total. The van der Waals surface area contributed by atoms with Gasteiger partial charge in [-0.25, -0.2) is 0 Å². The molecule has 0 heterocycles. The topological polar surface area (TPSA) is 15.3 Å². The minimum atomic E-state index is 0.781. The first-order chi connectivity index (χ1) is 9.13. The molecule has 0 saturated heterocycles. The predicted molar refractivity (Wildman–Crippen MR) is 84.2 cm³/mol. The molecule has 0 atom stereocenters. The molecule has 0 aliphatic heterocycles. The van der Waals surface area contributed by atoms with Crippen LogP contribution >= 0.6 is 0 Å². The summed E-state index contributed by atoms with van der Waals surface area (Å²) in [7, 11) is 2.22. The van der Waals surface area contributed by atoms with Gasteiger partial charge in [-0.2, -0.15) is 0 Å². The Kier molecular flexibility index (Phi) is 7.76. The molecule has 0 bridgehead atoms. The maximum Gasteiger partial charge on any atom is 0.0233 e. The van der Waals surface area contributed by atoms with Crippen LogP contribution in [-0.2, 0) is 13.1 Å². The Bertz CT molecular complexity index is 347. The Hall–Kier alpha value is -0.860. The van der Waals surface area contributed by atoms with Gasteiger partial charge in [-0.3, -0.25) is 0 Å². The lowest BCUT2D eigenvalue weighted by Crippen LogP contribution is -2.22. The van der Waals surface area contributed by atoms with Crippen LogP contribution in [0.1, 0.15) is 44.7 Å². The summed E-state index contributed by atoms with van der Waals surface area (Å²) >= 11 is 0. The third-order valence-corrected chi connectivity index (χ3v) is 3.39. The number of nitrogens with one attached hydrogen (secondary N) is 1. The van der Waals surface area contributed by atoms with Gasteiger partial charge in [0.1, 0.15) is 0 Å². The van der Waals surface area contributed by atoms with Crippen molar-refractivity contribution in [2.24, 2.45) is 5.92 Å². The standard InChI is InChI=1S/C17H30N2/c1-5-11-18-13-16-8-6-7-9-17(16)14-19(4)12-10-15(2)3/h6-9,15,18H,5,10-14H2,1-4H3. The van der Waals surface area contributed by atoms with Gasteiger partial charge in [0.15, 0.2) is 0 Å². The largest absolute Gasteiger partial charge is 0.313 e. The van der Waals surface area contributed by atoms with E-state index in [1.165, 1.54) is 30.5 Å². The van der Waals surface area contributed by atoms with E-state index < -0.39 is 0 Å². The van der Waals surface area contributed by atoms with Crippen LogP contribution in [0.4, 0.5) is 0 Å². The first kappa shape index (κ1) is 16.2. The van der Waals surface area contributed by atoms with Gasteiger partial charge in [-0.1, -0.05) is 45.0 Å². The summed E-state index contributed by atoms with van der Waals surface area (Å²) in [4.78, 5) is 2.43. The van der Waals surface area contributed by atoms with Crippen LogP contribution in [0.3, 0.4) is 0 Å². The van der Waals surface area contributed by atoms with Gasteiger partial charge in [0, 0.05) is 13.1 Å². The summed E-state index contributed by atoms with van der Waals surface area (Å²) in [6, 6.07) is 8.79. The van der Waals surface area contributed by atoms with Gasteiger partial charge >= 0.3 is 0 Å². The number of benzene rings is 1. The van der Waals surface area contributed by atoms with Crippen LogP contribution in [0.5, 0.6) is 0 Å². The number of nitrogens with zero attached hydrogens (tertiary/aromatic N) is 1. The van der Waals surface area contributed by atoms with Crippen LogP contribution in [-0.4, -0.2) is 25.0 Å². The fourth-order valence-electron chi connectivity index (χ4n) is 2.13. The van der Waals surface area contributed by atoms with Gasteiger partial charge in [0.2, 0.25) is 0 Å². The predicted octanol–water partition coefficient (Wildman–Crippen LogP) is 3.66. The molecule has 0 spiro atoms. The highest BCUT2D eigenvalue weighted by atomic mass is 15.1. The fraction of sp³-hybridized carbons (Fsp3) is 0.647. The van der Waals surface area contributed by atoms with Crippen molar-refractivity contribution < 1.29 is 0 Å². The SMILES string of the molecule is CCCNCc1ccccc1CN(C)CCC(C)C. The van der Waals surface area contributed by atoms with Crippen molar-refractivity contribution in [1.82, 2.24) is 10.2 Å². The summed E-state index contributed by atoms with van der Waals surface area (Å²) in [6.45, 7) is 11.1. The molecule has 108 valence electrons. The van der Waals surface area contributed by atoms with Crippen molar-refractivity contribution in [2.75, 3.05) is 20.1 Å². The van der Waals surface area contributed by atoms with Crippen molar-refractivity contribution in [3.05, 3.63) is 35.4 Å². The second-order valence-corrected chi connectivity index (χ2v) is 5.87. The zero-order valence-corrected chi connectivity index (χ0v) is 13.1. The molecular weight excluding hydrogens is 232 g/mol. The molecule has 0 radical (unpaired) electrons. The third-order valence-electron chi connectivity index (χ3n) is 3.39. The zero-order valence-electron chi connectivity index (χ0n) is 13.1. The highest BCUT2D eigenvalue weighted by molar-refractivity contribution is 5.26. The molecule has 0 aromatic heterocycles. The summed E-state index contributed by atoms with van der Waals surface area (Å²) < 4.78 is 0. The molecule has 0 aliphatic rings. The molecule has 2 nitrogen and oxygen atoms in total. The summed E-state index contributed by atoms with van der Waals surface area (Å²) in [5, 5.41) is 3.50. The summed E-state index contributed by atoms with van der Waals surface area (Å²) in [5.41, 5.74) is 2.89. The monoisotopic (exact) mass is 262 g/mol. The summed E-state index contributed by atoms with van der Waals surface area (Å²) in [6.07, 6.45) is 2.46. The van der Waals surface area contributed by atoms with Crippen molar-refractivity contribution in [3.8, 4) is 0 Å². The minimum Gasteiger partial charge on any atom is -0.313 e. The molecule has 1 aromatic carbocycles. The highest BCUT2D eigenvalue weighted by Crippen LogP contribution is 2.12. The Morgan fingerprint density at radius 1 is 1.16 bits per heavy atom. The maximum absolute atomic E-state index is 3.50. The molecule has 0 fully saturated rings. The second kappa shape index (κ2) is 9.11. The van der Waals surface area contributed by atoms with Crippen LogP contribution in [0, 0.1) is 5.92 Å². The van der Waals surface area contributed by atoms with E-state index >= 15 is 0 Å². The maximum atomic E-state index is 3.50. The van der Waals surface area contributed by atoms with E-state index in [0.29, 0.717) is 0 Å². The van der Waals surface area contributed by atoms with E-state index in [1.54, 1.807) is 0 Å². The van der Waals surface area contributed by atoms with E-state index in [1.807, 2.05) is 0 Å². The van der Waals surface area contributed by atoms with E-state index in [4.69, 9.17) is 0 Å². The molecule has 1 aromatic rings. The van der Waals surface area contributed by atoms with Crippen molar-refractivity contribution in [2.45, 2.75) is 46.7 Å². The number of hydrogen-bond donors (Lipinski definition) is 1. The molecule has 0 saturated carbocycles. The third kappa shape index (κ3) is 6.74. The van der Waals surface area contributed by atoms with Gasteiger partial charge in [0.05, 0.1) is 0 Å². The minimum absolute atomic E-state index is 0.781. The highest BCUT2D eigenvalue weighted by Gasteiger charge is 2.05. The van der Waals surface area contributed by atoms with Crippen LogP contribution in [0.15, 0.2) is 24.3 Å². The average molecular weight is 262 g/mol. The van der Waals surface area contributed by atoms with Crippen molar-refractivity contribution >= 4 is 0 Å². The van der Waals surface area contributed by atoms with E-state index in [2.05, 4.69) is 62.3 Å². The van der Waals surface area contributed by atoms with Crippen molar-refractivity contribution in [3.63, 3.8) is 0 Å². The fourth-order valence-corrected chi connectivity index (χ4v) is 2.13. The molecule has 0 aliphatic carbocycles. The smallest absolute Gasteiger partial charge is 0.0233 e. The number of hydrogen-bond acceptors (Lipinski definition) is 2. The Morgan fingerprint density at radius 2 is 1.84 bits per heavy atom. The lowest BCUT2D eigenvalue weighted by molar-refractivity contribution is 0.302. The average Bonchev–Trinajstić information content (AvgIpc) is 2.39. The molecule has 19 heavy (non-hydrogen) atoms. The van der Waals surface area contributed by atoms with Crippen LogP contribution < -0.4 is 5.32 Å². The summed E-state index contributed by atoms with van der Waals surface area (Å²) in [5.74, 6) is 0.781. The molecular formula is C17H30N2. The normalized spacial score (nSPS) is 11.5. The molecule has 2 heteroatoms. The van der Waals surface area contributed by atoms with E-state index in [9.17, 15) is 0 Å². The zero-order chi connectivity index (χ0) is 14.1. The Labute approximate surface area is 119 Å². The number of rotatable bonds is 9. The van der Waals surface area contributed by atoms with Gasteiger partial charge in [-0.05, 0) is 50.0 Å². The quantitative estimate of drug-likeness (QED) is 0.683. The lowest BCUT2D eigenvalue weighted by Gasteiger charge is -2.20. The molecule has 0 unspecified atom stereocenters. The Balaban J connectivity index is 2.51. The van der Waals surface area contributed by atoms with E-state index in [-0.39, 0.29) is 0 Å². The second-order valence-electron chi connectivity index (χ2n) is 5.87. The Morgan fingerprint density at radius 3 is 2.47 bits per heavy atom. The van der Waals surface area contributed by atoms with E-state index in [0.717, 1.165) is 25.6 Å². The van der Waals surface area contributed by atoms with Gasteiger partial charge < -0.3 is 10.2 Å². The first-order valence-corrected chi connectivity index (χ1v) is 7.59. The van der Waals surface area contributed by atoms with Crippen LogP contribution in [0.25, 0.3) is 0 Å². The van der Waals surface area contributed by atoms with Crippen molar-refractivity contribution in [1.29, 1.82) is 0 Å². The lowest BCUT2D eigenvalue weighted by atomic mass is 10.1. The van der Waals surface area contributed by atoms with Gasteiger partial charge in [-0.15, -0.1) is 0 Å².